The molecule has 198 valence electrons. The second kappa shape index (κ2) is 11.6. The highest BCUT2D eigenvalue weighted by atomic mass is 32.1. The molecule has 5 nitrogen and oxygen atoms in total. The summed E-state index contributed by atoms with van der Waals surface area (Å²) in [6.45, 7) is 5.93. The molecule has 0 spiro atoms. The second-order valence-electron chi connectivity index (χ2n) is 10.5. The molecule has 4 aromatic rings. The lowest BCUT2D eigenvalue weighted by molar-refractivity contribution is 0.0779. The Labute approximate surface area is 233 Å². The number of rotatable bonds is 8. The van der Waals surface area contributed by atoms with E-state index >= 15 is 0 Å². The Hall–Kier alpha value is -2.74. The molecule has 7 heteroatoms. The van der Waals surface area contributed by atoms with Gasteiger partial charge in [-0.05, 0) is 81.7 Å². The molecule has 1 aliphatic carbocycles. The van der Waals surface area contributed by atoms with Crippen LogP contribution in [0, 0.1) is 13.8 Å². The van der Waals surface area contributed by atoms with Crippen LogP contribution in [0.2, 0.25) is 0 Å². The van der Waals surface area contributed by atoms with Gasteiger partial charge in [0.1, 0.15) is 17.6 Å². The van der Waals surface area contributed by atoms with Gasteiger partial charge in [-0.3, -0.25) is 4.90 Å². The summed E-state index contributed by atoms with van der Waals surface area (Å²) in [6, 6.07) is 17.4. The molecule has 2 aromatic carbocycles. The van der Waals surface area contributed by atoms with E-state index < -0.39 is 0 Å². The van der Waals surface area contributed by atoms with Gasteiger partial charge in [-0.25, -0.2) is 9.97 Å². The zero-order valence-corrected chi connectivity index (χ0v) is 23.8. The van der Waals surface area contributed by atoms with Gasteiger partial charge in [0, 0.05) is 29.9 Å². The number of benzene rings is 2. The monoisotopic (exact) mass is 545 g/mol. The molecule has 0 radical (unpaired) electrons. The van der Waals surface area contributed by atoms with E-state index in [2.05, 4.69) is 78.0 Å². The molecular weight excluding hydrogens is 510 g/mol. The molecule has 1 atom stereocenters. The molecule has 38 heavy (non-hydrogen) atoms. The molecule has 1 aliphatic heterocycles. The van der Waals surface area contributed by atoms with E-state index in [9.17, 15) is 0 Å². The lowest BCUT2D eigenvalue weighted by Gasteiger charge is -2.36. The molecule has 6 rings (SSSR count). The Morgan fingerprint density at radius 3 is 2.18 bits per heavy atom. The smallest absolute Gasteiger partial charge is 0.124 e. The van der Waals surface area contributed by atoms with Gasteiger partial charge < -0.3 is 9.47 Å². The van der Waals surface area contributed by atoms with E-state index in [1.54, 1.807) is 22.7 Å². The van der Waals surface area contributed by atoms with Crippen molar-refractivity contribution in [3.63, 3.8) is 0 Å². The number of aryl methyl sites for hydroxylation is 3. The number of hydrogen-bond donors (Lipinski definition) is 0. The summed E-state index contributed by atoms with van der Waals surface area (Å²) in [5.74, 6) is 1.97. The van der Waals surface area contributed by atoms with Gasteiger partial charge in [0.2, 0.25) is 0 Å². The van der Waals surface area contributed by atoms with Crippen molar-refractivity contribution in [1.29, 1.82) is 0 Å². The van der Waals surface area contributed by atoms with Crippen LogP contribution in [0.5, 0.6) is 11.5 Å². The van der Waals surface area contributed by atoms with Crippen molar-refractivity contribution in [2.45, 2.75) is 83.7 Å². The normalized spacial score (nSPS) is 21.2. The van der Waals surface area contributed by atoms with Crippen molar-refractivity contribution in [3.8, 4) is 11.5 Å². The second-order valence-corrected chi connectivity index (χ2v) is 12.6. The fourth-order valence-electron chi connectivity index (χ4n) is 5.75. The first-order chi connectivity index (χ1) is 18.6. The molecular formula is C31H35N3O2S2. The van der Waals surface area contributed by atoms with E-state index in [1.807, 2.05) is 0 Å². The summed E-state index contributed by atoms with van der Waals surface area (Å²) < 4.78 is 12.8. The Morgan fingerprint density at radius 1 is 0.868 bits per heavy atom. The fourth-order valence-corrected chi connectivity index (χ4v) is 6.96. The van der Waals surface area contributed by atoms with E-state index in [0.29, 0.717) is 6.04 Å². The number of ether oxygens (including phenoxy) is 2. The topological polar surface area (TPSA) is 47.5 Å². The summed E-state index contributed by atoms with van der Waals surface area (Å²) >= 11 is 3.47. The highest BCUT2D eigenvalue weighted by Crippen LogP contribution is 2.37. The Bertz CT molecular complexity index is 1300. The van der Waals surface area contributed by atoms with E-state index in [-0.39, 0.29) is 12.2 Å². The molecule has 0 N–H and O–H groups in total. The van der Waals surface area contributed by atoms with Crippen LogP contribution in [0.1, 0.15) is 70.7 Å². The number of hydrogen-bond acceptors (Lipinski definition) is 7. The quantitative estimate of drug-likeness (QED) is 0.227. The molecule has 1 unspecified atom stereocenters. The van der Waals surface area contributed by atoms with Gasteiger partial charge in [0.25, 0.3) is 0 Å². The zero-order chi connectivity index (χ0) is 25.9. The van der Waals surface area contributed by atoms with Crippen molar-refractivity contribution in [2.24, 2.45) is 0 Å². The van der Waals surface area contributed by atoms with Gasteiger partial charge in [0.05, 0.1) is 27.5 Å². The third-order valence-electron chi connectivity index (χ3n) is 7.67. The zero-order valence-electron chi connectivity index (χ0n) is 22.1. The van der Waals surface area contributed by atoms with Gasteiger partial charge in [-0.15, -0.1) is 22.7 Å². The van der Waals surface area contributed by atoms with Gasteiger partial charge in [-0.1, -0.05) is 30.3 Å². The van der Waals surface area contributed by atoms with Crippen molar-refractivity contribution in [1.82, 2.24) is 14.9 Å². The molecule has 1 saturated carbocycles. The number of nitrogens with zero attached hydrogens (tertiary/aromatic N) is 3. The van der Waals surface area contributed by atoms with Crippen molar-refractivity contribution in [3.05, 3.63) is 91.8 Å². The van der Waals surface area contributed by atoms with Crippen molar-refractivity contribution in [2.75, 3.05) is 0 Å². The van der Waals surface area contributed by atoms with Crippen LogP contribution < -0.4 is 9.47 Å². The van der Waals surface area contributed by atoms with E-state index in [0.717, 1.165) is 73.1 Å². The van der Waals surface area contributed by atoms with Crippen LogP contribution in [-0.2, 0) is 19.5 Å². The van der Waals surface area contributed by atoms with Crippen molar-refractivity contribution >= 4 is 22.7 Å². The minimum atomic E-state index is 0.134. The molecule has 2 aliphatic rings. The first-order valence-corrected chi connectivity index (χ1v) is 15.4. The summed E-state index contributed by atoms with van der Waals surface area (Å²) in [6.07, 6.45) is 6.80. The number of thiazole rings is 2. The molecule has 0 amide bonds. The Balaban J connectivity index is 1.06. The first kappa shape index (κ1) is 25.5. The summed E-state index contributed by atoms with van der Waals surface area (Å²) in [7, 11) is 0. The SMILES string of the molecule is Cc1nc(CN(Cc2csc(C)n2)C2CCC(Oc3ccc4c(c3)CCC(c3ccccc3)O4)CC2)cs1. The minimum absolute atomic E-state index is 0.134. The number of aromatic nitrogens is 2. The van der Waals surface area contributed by atoms with Crippen LogP contribution in [0.3, 0.4) is 0 Å². The lowest BCUT2D eigenvalue weighted by atomic mass is 9.91. The number of fused-ring (bicyclic) bond motifs is 1. The van der Waals surface area contributed by atoms with Crippen LogP contribution in [0.25, 0.3) is 0 Å². The molecule has 0 saturated heterocycles. The third-order valence-corrected chi connectivity index (χ3v) is 9.32. The molecule has 0 bridgehead atoms. The van der Waals surface area contributed by atoms with Gasteiger partial charge in [0.15, 0.2) is 0 Å². The summed E-state index contributed by atoms with van der Waals surface area (Å²) in [5.41, 5.74) is 4.85. The molecule has 1 fully saturated rings. The first-order valence-electron chi connectivity index (χ1n) is 13.7. The lowest BCUT2D eigenvalue weighted by Crippen LogP contribution is -2.39. The van der Waals surface area contributed by atoms with Gasteiger partial charge in [-0.2, -0.15) is 0 Å². The predicted molar refractivity (Wildman–Crippen MR) is 154 cm³/mol. The standard InChI is InChI=1S/C31H35N3O2S2/c1-21-32-25(19-37-21)17-34(18-26-20-38-22(2)33-26)27-9-11-28(12-10-27)35-29-13-15-31-24(16-29)8-14-30(36-31)23-6-4-3-5-7-23/h3-7,13,15-16,19-20,27-28,30H,8-12,14,17-18H2,1-2H3. The maximum absolute atomic E-state index is 6.51. The maximum Gasteiger partial charge on any atom is 0.124 e. The fraction of sp³-hybridized carbons (Fsp3) is 0.419. The highest BCUT2D eigenvalue weighted by molar-refractivity contribution is 7.09. The van der Waals surface area contributed by atoms with Crippen molar-refractivity contribution < 1.29 is 9.47 Å². The van der Waals surface area contributed by atoms with Gasteiger partial charge >= 0.3 is 0 Å². The average molecular weight is 546 g/mol. The minimum Gasteiger partial charge on any atom is -0.490 e. The predicted octanol–water partition coefficient (Wildman–Crippen LogP) is 7.68. The molecule has 2 aromatic heterocycles. The maximum atomic E-state index is 6.51. The average Bonchev–Trinajstić information content (AvgIpc) is 3.55. The summed E-state index contributed by atoms with van der Waals surface area (Å²) in [4.78, 5) is 12.1. The Morgan fingerprint density at radius 2 is 1.55 bits per heavy atom. The largest absolute Gasteiger partial charge is 0.490 e. The van der Waals surface area contributed by atoms with Crippen LogP contribution in [-0.4, -0.2) is 27.0 Å². The highest BCUT2D eigenvalue weighted by Gasteiger charge is 2.29. The van der Waals surface area contributed by atoms with Crippen LogP contribution in [0.4, 0.5) is 0 Å². The molecule has 3 heterocycles. The van der Waals surface area contributed by atoms with Crippen LogP contribution in [0.15, 0.2) is 59.3 Å². The van der Waals surface area contributed by atoms with E-state index in [1.165, 1.54) is 22.5 Å². The Kier molecular flexibility index (Phi) is 7.77. The third kappa shape index (κ3) is 6.11. The summed E-state index contributed by atoms with van der Waals surface area (Å²) in [5, 5.41) is 6.66. The van der Waals surface area contributed by atoms with Crippen LogP contribution >= 0.6 is 22.7 Å². The van der Waals surface area contributed by atoms with E-state index in [4.69, 9.17) is 19.4 Å².